The Morgan fingerprint density at radius 1 is 0.966 bits per heavy atom. The predicted molar refractivity (Wildman–Crippen MR) is 113 cm³/mol. The second kappa shape index (κ2) is 8.27. The lowest BCUT2D eigenvalue weighted by molar-refractivity contribution is 0.0485. The smallest absolute Gasteiger partial charge is 0.410 e. The zero-order chi connectivity index (χ0) is 20.4. The highest BCUT2D eigenvalue weighted by molar-refractivity contribution is 5.98. The van der Waals surface area contributed by atoms with Gasteiger partial charge in [0.2, 0.25) is 0 Å². The molecule has 29 heavy (non-hydrogen) atoms. The van der Waals surface area contributed by atoms with Gasteiger partial charge < -0.3 is 14.5 Å². The topological polar surface area (TPSA) is 49.9 Å². The highest BCUT2D eigenvalue weighted by atomic mass is 16.6. The number of carbonyl (C=O) groups excluding carboxylic acids is 2. The van der Waals surface area contributed by atoms with E-state index in [1.165, 1.54) is 0 Å². The number of hydrogen-bond donors (Lipinski definition) is 0. The van der Waals surface area contributed by atoms with Crippen LogP contribution in [0.25, 0.3) is 0 Å². The molecule has 0 radical (unpaired) electrons. The van der Waals surface area contributed by atoms with Gasteiger partial charge in [0.25, 0.3) is 0 Å². The van der Waals surface area contributed by atoms with E-state index < -0.39 is 0 Å². The zero-order valence-electron chi connectivity index (χ0n) is 17.1. The maximum absolute atomic E-state index is 13.0. The van der Waals surface area contributed by atoms with Crippen LogP contribution >= 0.6 is 0 Å². The van der Waals surface area contributed by atoms with E-state index in [4.69, 9.17) is 4.74 Å². The number of ether oxygens (including phenoxy) is 1. The first-order valence-electron chi connectivity index (χ1n) is 10.3. The lowest BCUT2D eigenvalue weighted by Gasteiger charge is -2.37. The molecule has 0 spiro atoms. The number of amides is 1. The van der Waals surface area contributed by atoms with E-state index in [2.05, 4.69) is 0 Å². The molecule has 2 aliphatic heterocycles. The second-order valence-electron chi connectivity index (χ2n) is 8.31. The molecule has 2 saturated heterocycles. The van der Waals surface area contributed by atoms with Crippen LogP contribution in [0.2, 0.25) is 0 Å². The lowest BCUT2D eigenvalue weighted by Crippen LogP contribution is -2.48. The molecule has 2 bridgehead atoms. The van der Waals surface area contributed by atoms with Gasteiger partial charge in [-0.25, -0.2) is 4.79 Å². The Labute approximate surface area is 172 Å². The Morgan fingerprint density at radius 2 is 1.59 bits per heavy atom. The van der Waals surface area contributed by atoms with Crippen molar-refractivity contribution in [3.8, 4) is 0 Å². The number of Topliss-reactive ketones (excluding diaryl/α,β-unsaturated/α-hetero) is 1. The number of piperidine rings is 1. The van der Waals surface area contributed by atoms with Gasteiger partial charge in [-0.05, 0) is 55.5 Å². The molecule has 2 aliphatic rings. The van der Waals surface area contributed by atoms with Crippen LogP contribution < -0.4 is 4.90 Å². The monoisotopic (exact) mass is 392 g/mol. The number of rotatable bonds is 5. The SMILES string of the molecule is CN(C)c1ccc(C(=O)C2CC3CCC(C2)N3C(=O)OCc2ccccc2)cc1. The Morgan fingerprint density at radius 3 is 2.17 bits per heavy atom. The fourth-order valence-corrected chi connectivity index (χ4v) is 4.64. The summed E-state index contributed by atoms with van der Waals surface area (Å²) in [5, 5.41) is 0. The van der Waals surface area contributed by atoms with E-state index in [-0.39, 0.29) is 36.5 Å². The van der Waals surface area contributed by atoms with Gasteiger partial charge in [-0.1, -0.05) is 30.3 Å². The fraction of sp³-hybridized carbons (Fsp3) is 0.417. The van der Waals surface area contributed by atoms with Gasteiger partial charge in [0.15, 0.2) is 5.78 Å². The molecule has 5 heteroatoms. The summed E-state index contributed by atoms with van der Waals surface area (Å²) < 4.78 is 5.56. The van der Waals surface area contributed by atoms with Crippen molar-refractivity contribution < 1.29 is 14.3 Å². The minimum atomic E-state index is -0.248. The molecule has 2 fully saturated rings. The van der Waals surface area contributed by atoms with Crippen molar-refractivity contribution in [1.29, 1.82) is 0 Å². The number of anilines is 1. The third-order valence-electron chi connectivity index (χ3n) is 6.19. The fourth-order valence-electron chi connectivity index (χ4n) is 4.64. The number of hydrogen-bond acceptors (Lipinski definition) is 4. The molecule has 0 aliphatic carbocycles. The summed E-state index contributed by atoms with van der Waals surface area (Å²) in [6.07, 6.45) is 3.11. The van der Waals surface area contributed by atoms with Crippen molar-refractivity contribution in [2.24, 2.45) is 5.92 Å². The zero-order valence-corrected chi connectivity index (χ0v) is 17.1. The molecule has 152 valence electrons. The number of ketones is 1. The number of carbonyl (C=O) groups is 2. The maximum atomic E-state index is 13.0. The normalized spacial score (nSPS) is 23.0. The van der Waals surface area contributed by atoms with Gasteiger partial charge in [-0.2, -0.15) is 0 Å². The van der Waals surface area contributed by atoms with Crippen LogP contribution in [0, 0.1) is 5.92 Å². The van der Waals surface area contributed by atoms with E-state index in [0.29, 0.717) is 0 Å². The van der Waals surface area contributed by atoms with E-state index >= 15 is 0 Å². The summed E-state index contributed by atoms with van der Waals surface area (Å²) in [7, 11) is 3.97. The number of benzene rings is 2. The molecule has 2 aromatic carbocycles. The van der Waals surface area contributed by atoms with Gasteiger partial charge in [-0.3, -0.25) is 4.79 Å². The van der Waals surface area contributed by atoms with Crippen LogP contribution in [0.1, 0.15) is 41.6 Å². The Kier molecular flexibility index (Phi) is 5.56. The molecule has 4 rings (SSSR count). The van der Waals surface area contributed by atoms with Crippen LogP contribution in [0.3, 0.4) is 0 Å². The predicted octanol–water partition coefficient (Wildman–Crippen LogP) is 4.52. The minimum Gasteiger partial charge on any atom is -0.445 e. The maximum Gasteiger partial charge on any atom is 0.410 e. The van der Waals surface area contributed by atoms with E-state index in [0.717, 1.165) is 42.5 Å². The Hall–Kier alpha value is -2.82. The highest BCUT2D eigenvalue weighted by Crippen LogP contribution is 2.40. The summed E-state index contributed by atoms with van der Waals surface area (Å²) in [4.78, 5) is 29.6. The van der Waals surface area contributed by atoms with E-state index in [1.807, 2.05) is 78.5 Å². The third-order valence-corrected chi connectivity index (χ3v) is 6.19. The quantitative estimate of drug-likeness (QED) is 0.702. The molecule has 0 saturated carbocycles. The Bertz CT molecular complexity index is 849. The lowest BCUT2D eigenvalue weighted by atomic mass is 9.85. The van der Waals surface area contributed by atoms with Gasteiger partial charge in [-0.15, -0.1) is 0 Å². The summed E-state index contributed by atoms with van der Waals surface area (Å²) in [5.74, 6) is 0.181. The van der Waals surface area contributed by atoms with Crippen molar-refractivity contribution in [1.82, 2.24) is 4.90 Å². The second-order valence-corrected chi connectivity index (χ2v) is 8.31. The van der Waals surface area contributed by atoms with Gasteiger partial charge >= 0.3 is 6.09 Å². The highest BCUT2D eigenvalue weighted by Gasteiger charge is 2.45. The van der Waals surface area contributed by atoms with Gasteiger partial charge in [0.1, 0.15) is 6.61 Å². The standard InChI is InChI=1S/C24H28N2O3/c1-25(2)20-10-8-18(9-11-20)23(27)19-14-21-12-13-22(15-19)26(21)24(28)29-16-17-6-4-3-5-7-17/h3-11,19,21-22H,12-16H2,1-2H3. The Balaban J connectivity index is 1.38. The number of nitrogens with zero attached hydrogens (tertiary/aromatic N) is 2. The molecule has 1 amide bonds. The summed E-state index contributed by atoms with van der Waals surface area (Å²) in [5.41, 5.74) is 2.83. The molecular formula is C24H28N2O3. The molecule has 2 heterocycles. The van der Waals surface area contributed by atoms with Crippen molar-refractivity contribution in [2.45, 2.75) is 44.4 Å². The largest absolute Gasteiger partial charge is 0.445 e. The molecule has 2 aromatic rings. The minimum absolute atomic E-state index is 0.0177. The molecule has 0 N–H and O–H groups in total. The summed E-state index contributed by atoms with van der Waals surface area (Å²) in [6.45, 7) is 0.288. The van der Waals surface area contributed by atoms with Crippen LogP contribution in [0.4, 0.5) is 10.5 Å². The average molecular weight is 392 g/mol. The summed E-state index contributed by atoms with van der Waals surface area (Å²) in [6, 6.07) is 17.7. The first-order chi connectivity index (χ1) is 14.0. The van der Waals surface area contributed by atoms with Gasteiger partial charge in [0, 0.05) is 43.3 Å². The van der Waals surface area contributed by atoms with Crippen LogP contribution in [-0.4, -0.2) is 43.0 Å². The molecular weight excluding hydrogens is 364 g/mol. The average Bonchev–Trinajstić information content (AvgIpc) is 3.01. The molecule has 2 atom stereocenters. The summed E-state index contributed by atoms with van der Waals surface area (Å²) >= 11 is 0. The van der Waals surface area contributed by atoms with Crippen molar-refractivity contribution in [3.05, 3.63) is 65.7 Å². The van der Waals surface area contributed by atoms with Gasteiger partial charge in [0.05, 0.1) is 0 Å². The molecule has 2 unspecified atom stereocenters. The first kappa shape index (κ1) is 19.5. The third kappa shape index (κ3) is 4.14. The molecule has 5 nitrogen and oxygen atoms in total. The van der Waals surface area contributed by atoms with Crippen LogP contribution in [-0.2, 0) is 11.3 Å². The van der Waals surface area contributed by atoms with Crippen LogP contribution in [0.15, 0.2) is 54.6 Å². The van der Waals surface area contributed by atoms with E-state index in [9.17, 15) is 9.59 Å². The first-order valence-corrected chi connectivity index (χ1v) is 10.3. The molecule has 0 aromatic heterocycles. The van der Waals surface area contributed by atoms with Crippen molar-refractivity contribution in [2.75, 3.05) is 19.0 Å². The number of fused-ring (bicyclic) bond motifs is 2. The van der Waals surface area contributed by atoms with Crippen LogP contribution in [0.5, 0.6) is 0 Å². The van der Waals surface area contributed by atoms with Crippen molar-refractivity contribution >= 4 is 17.6 Å². The van der Waals surface area contributed by atoms with Crippen molar-refractivity contribution in [3.63, 3.8) is 0 Å². The van der Waals surface area contributed by atoms with E-state index in [1.54, 1.807) is 0 Å².